The van der Waals surface area contributed by atoms with E-state index in [2.05, 4.69) is 11.9 Å². The number of amides is 1. The molecule has 0 bridgehead atoms. The number of pyridine rings is 1. The fraction of sp³-hybridized carbons (Fsp3) is 0.308. The number of fused-ring (bicyclic) bond motifs is 5. The van der Waals surface area contributed by atoms with Crippen LogP contribution in [0, 0.1) is 5.95 Å². The number of halogens is 1. The van der Waals surface area contributed by atoms with E-state index in [9.17, 15) is 9.18 Å². The molecule has 3 aromatic rings. The van der Waals surface area contributed by atoms with Crippen molar-refractivity contribution in [1.29, 1.82) is 0 Å². The predicted octanol–water partition coefficient (Wildman–Crippen LogP) is 4.83. The molecule has 1 amide bonds. The zero-order valence-electron chi connectivity index (χ0n) is 18.3. The smallest absolute Gasteiger partial charge is 0.245 e. The Morgan fingerprint density at radius 1 is 1.03 bits per heavy atom. The van der Waals surface area contributed by atoms with Gasteiger partial charge in [0.25, 0.3) is 0 Å². The monoisotopic (exact) mass is 446 g/mol. The summed E-state index contributed by atoms with van der Waals surface area (Å²) in [6.07, 6.45) is 2.99. The van der Waals surface area contributed by atoms with Crippen LogP contribution in [0.3, 0.4) is 0 Å². The zero-order valence-corrected chi connectivity index (χ0v) is 18.3. The summed E-state index contributed by atoms with van der Waals surface area (Å²) in [5.41, 5.74) is 2.55. The first-order valence-electron chi connectivity index (χ1n) is 11.3. The molecule has 0 N–H and O–H groups in total. The summed E-state index contributed by atoms with van der Waals surface area (Å²) in [4.78, 5) is 20.2. The number of ether oxygens (including phenoxy) is 3. The fourth-order valence-electron chi connectivity index (χ4n) is 5.20. The number of aromatic nitrogens is 1. The predicted molar refractivity (Wildman–Crippen MR) is 120 cm³/mol. The maximum atomic E-state index is 14.2. The molecule has 1 unspecified atom stereocenters. The summed E-state index contributed by atoms with van der Waals surface area (Å²) < 4.78 is 31.3. The third-order valence-electron chi connectivity index (χ3n) is 6.73. The van der Waals surface area contributed by atoms with Crippen molar-refractivity contribution in [2.75, 3.05) is 24.8 Å². The summed E-state index contributed by atoms with van der Waals surface area (Å²) in [5, 5.41) is 0. The third-order valence-corrected chi connectivity index (χ3v) is 6.73. The third kappa shape index (κ3) is 2.84. The Kier molecular flexibility index (Phi) is 4.54. The van der Waals surface area contributed by atoms with E-state index in [1.807, 2.05) is 29.2 Å². The molecule has 3 aliphatic rings. The highest BCUT2D eigenvalue weighted by atomic mass is 19.1. The average Bonchev–Trinajstić information content (AvgIpc) is 3.50. The standard InChI is InChI=1S/C26H23FN2O4/c1-2-3-4-11-29-19-9-5-7-16(18-8-6-10-23(27)28-18)24(19)26(25(29)30)14-31-20-13-22-21(12-17(20)26)32-15-33-22/h5-10,12-13H,2-4,11,14-15H2,1H3. The molecule has 7 heteroatoms. The van der Waals surface area contributed by atoms with Crippen molar-refractivity contribution in [3.8, 4) is 28.5 Å². The van der Waals surface area contributed by atoms with Crippen molar-refractivity contribution in [2.24, 2.45) is 0 Å². The average molecular weight is 446 g/mol. The molecule has 6 nitrogen and oxygen atoms in total. The van der Waals surface area contributed by atoms with Gasteiger partial charge in [0, 0.05) is 35.0 Å². The van der Waals surface area contributed by atoms with Crippen LogP contribution >= 0.6 is 0 Å². The number of benzene rings is 2. The lowest BCUT2D eigenvalue weighted by atomic mass is 9.74. The van der Waals surface area contributed by atoms with Crippen molar-refractivity contribution < 1.29 is 23.4 Å². The molecule has 33 heavy (non-hydrogen) atoms. The highest BCUT2D eigenvalue weighted by Crippen LogP contribution is 2.57. The van der Waals surface area contributed by atoms with Gasteiger partial charge in [0.15, 0.2) is 11.5 Å². The number of hydrogen-bond donors (Lipinski definition) is 0. The van der Waals surface area contributed by atoms with Crippen molar-refractivity contribution in [1.82, 2.24) is 4.98 Å². The second-order valence-corrected chi connectivity index (χ2v) is 8.60. The van der Waals surface area contributed by atoms with Gasteiger partial charge < -0.3 is 19.1 Å². The van der Waals surface area contributed by atoms with Crippen LogP contribution in [0.1, 0.15) is 37.3 Å². The normalized spacial score (nSPS) is 19.7. The molecular weight excluding hydrogens is 423 g/mol. The lowest BCUT2D eigenvalue weighted by Gasteiger charge is -2.24. The number of hydrogen-bond acceptors (Lipinski definition) is 5. The van der Waals surface area contributed by atoms with E-state index < -0.39 is 11.4 Å². The van der Waals surface area contributed by atoms with Crippen LogP contribution in [0.4, 0.5) is 10.1 Å². The summed E-state index contributed by atoms with van der Waals surface area (Å²) in [6.45, 7) is 3.05. The van der Waals surface area contributed by atoms with Crippen molar-refractivity contribution in [3.05, 3.63) is 65.6 Å². The van der Waals surface area contributed by atoms with Crippen LogP contribution in [0.2, 0.25) is 0 Å². The first kappa shape index (κ1) is 20.0. The molecule has 168 valence electrons. The molecule has 4 heterocycles. The number of nitrogens with zero attached hydrogens (tertiary/aromatic N) is 2. The van der Waals surface area contributed by atoms with E-state index in [1.54, 1.807) is 18.2 Å². The SMILES string of the molecule is CCCCCN1C(=O)C2(COc3cc4c(cc32)OCO4)c2c(-c3cccc(F)n3)cccc21. The van der Waals surface area contributed by atoms with Gasteiger partial charge in [0.1, 0.15) is 17.8 Å². The molecule has 0 aliphatic carbocycles. The minimum Gasteiger partial charge on any atom is -0.491 e. The number of carbonyl (C=O) groups is 1. The molecule has 0 radical (unpaired) electrons. The lowest BCUT2D eigenvalue weighted by molar-refractivity contribution is -0.122. The van der Waals surface area contributed by atoms with Gasteiger partial charge in [-0.05, 0) is 30.7 Å². The quantitative estimate of drug-likeness (QED) is 0.415. The van der Waals surface area contributed by atoms with Gasteiger partial charge in [-0.15, -0.1) is 0 Å². The fourth-order valence-corrected chi connectivity index (χ4v) is 5.20. The number of anilines is 1. The highest BCUT2D eigenvalue weighted by molar-refractivity contribution is 6.13. The van der Waals surface area contributed by atoms with Gasteiger partial charge in [-0.25, -0.2) is 4.98 Å². The Labute approximate surface area is 190 Å². The summed E-state index contributed by atoms with van der Waals surface area (Å²) >= 11 is 0. The Balaban J connectivity index is 1.59. The van der Waals surface area contributed by atoms with E-state index in [0.717, 1.165) is 41.6 Å². The molecule has 3 aliphatic heterocycles. The molecule has 1 aromatic heterocycles. The van der Waals surface area contributed by atoms with E-state index in [-0.39, 0.29) is 19.3 Å². The van der Waals surface area contributed by atoms with Gasteiger partial charge in [0.2, 0.25) is 18.6 Å². The van der Waals surface area contributed by atoms with Crippen LogP contribution in [0.15, 0.2) is 48.5 Å². The van der Waals surface area contributed by atoms with Crippen LogP contribution in [-0.2, 0) is 10.2 Å². The van der Waals surface area contributed by atoms with Gasteiger partial charge >= 0.3 is 0 Å². The molecular formula is C26H23FN2O4. The van der Waals surface area contributed by atoms with Gasteiger partial charge in [-0.1, -0.05) is 38.0 Å². The summed E-state index contributed by atoms with van der Waals surface area (Å²) in [6, 6.07) is 14.1. The second-order valence-electron chi connectivity index (χ2n) is 8.60. The molecule has 0 saturated carbocycles. The van der Waals surface area contributed by atoms with Crippen molar-refractivity contribution in [3.63, 3.8) is 0 Å². The Hall–Kier alpha value is -3.61. The number of rotatable bonds is 5. The zero-order chi connectivity index (χ0) is 22.6. The van der Waals surface area contributed by atoms with E-state index >= 15 is 0 Å². The lowest BCUT2D eigenvalue weighted by Crippen LogP contribution is -2.43. The van der Waals surface area contributed by atoms with Crippen molar-refractivity contribution in [2.45, 2.75) is 31.6 Å². The Bertz CT molecular complexity index is 1280. The van der Waals surface area contributed by atoms with E-state index in [4.69, 9.17) is 14.2 Å². The summed E-state index contributed by atoms with van der Waals surface area (Å²) in [7, 11) is 0. The van der Waals surface area contributed by atoms with Gasteiger partial charge in [-0.3, -0.25) is 4.79 Å². The largest absolute Gasteiger partial charge is 0.491 e. The topological polar surface area (TPSA) is 60.9 Å². The van der Waals surface area contributed by atoms with Gasteiger partial charge in [-0.2, -0.15) is 4.39 Å². The maximum absolute atomic E-state index is 14.2. The Morgan fingerprint density at radius 3 is 2.67 bits per heavy atom. The molecule has 6 rings (SSSR count). The first-order chi connectivity index (χ1) is 16.1. The maximum Gasteiger partial charge on any atom is 0.245 e. The molecule has 0 fully saturated rings. The number of unbranched alkanes of at least 4 members (excludes halogenated alkanes) is 2. The second kappa shape index (κ2) is 7.47. The first-order valence-corrected chi connectivity index (χ1v) is 11.3. The minimum atomic E-state index is -1.05. The van der Waals surface area contributed by atoms with Crippen LogP contribution in [0.5, 0.6) is 17.2 Å². The van der Waals surface area contributed by atoms with Crippen LogP contribution in [0.25, 0.3) is 11.3 Å². The minimum absolute atomic E-state index is 0.0323. The van der Waals surface area contributed by atoms with Crippen LogP contribution in [-0.4, -0.2) is 30.8 Å². The van der Waals surface area contributed by atoms with E-state index in [0.29, 0.717) is 29.5 Å². The molecule has 1 spiro atoms. The summed E-state index contributed by atoms with van der Waals surface area (Å²) in [5.74, 6) is 1.22. The van der Waals surface area contributed by atoms with E-state index in [1.165, 1.54) is 6.07 Å². The molecule has 2 aromatic carbocycles. The Morgan fingerprint density at radius 2 is 1.85 bits per heavy atom. The van der Waals surface area contributed by atoms with Crippen molar-refractivity contribution >= 4 is 11.6 Å². The number of carbonyl (C=O) groups excluding carboxylic acids is 1. The highest BCUT2D eigenvalue weighted by Gasteiger charge is 2.58. The molecule has 1 atom stereocenters. The van der Waals surface area contributed by atoms with Crippen LogP contribution < -0.4 is 19.1 Å². The molecule has 0 saturated heterocycles. The van der Waals surface area contributed by atoms with Gasteiger partial charge in [0.05, 0.1) is 5.69 Å².